The maximum atomic E-state index is 12.4. The topological polar surface area (TPSA) is 62.7 Å². The first-order valence-electron chi connectivity index (χ1n) is 7.77. The highest BCUT2D eigenvalue weighted by molar-refractivity contribution is 5.94. The third kappa shape index (κ3) is 4.53. The second-order valence-electron chi connectivity index (χ2n) is 5.21. The highest BCUT2D eigenvalue weighted by Crippen LogP contribution is 2.09. The van der Waals surface area contributed by atoms with Crippen molar-refractivity contribution < 1.29 is 14.3 Å². The molecule has 1 aliphatic rings. The van der Waals surface area contributed by atoms with Crippen LogP contribution in [0.15, 0.2) is 24.5 Å². The molecule has 1 saturated heterocycles. The second kappa shape index (κ2) is 8.48. The van der Waals surface area contributed by atoms with Crippen LogP contribution in [0.4, 0.5) is 0 Å². The molecule has 1 fully saturated rings. The molecular weight excluding hydrogens is 282 g/mol. The van der Waals surface area contributed by atoms with Crippen molar-refractivity contribution >= 4 is 11.8 Å². The largest absolute Gasteiger partial charge is 0.381 e. The summed E-state index contributed by atoms with van der Waals surface area (Å²) < 4.78 is 5.23. The maximum Gasteiger partial charge on any atom is 0.254 e. The van der Waals surface area contributed by atoms with Crippen molar-refractivity contribution in [2.24, 2.45) is 0 Å². The van der Waals surface area contributed by atoms with E-state index in [4.69, 9.17) is 4.74 Å². The van der Waals surface area contributed by atoms with Gasteiger partial charge in [0.25, 0.3) is 5.91 Å². The summed E-state index contributed by atoms with van der Waals surface area (Å²) in [5.41, 5.74) is 0.645. The van der Waals surface area contributed by atoms with Crippen LogP contribution < -0.4 is 0 Å². The highest BCUT2D eigenvalue weighted by Gasteiger charge is 2.22. The van der Waals surface area contributed by atoms with E-state index in [9.17, 15) is 9.59 Å². The van der Waals surface area contributed by atoms with Gasteiger partial charge in [0, 0.05) is 50.7 Å². The Labute approximate surface area is 131 Å². The first-order chi connectivity index (χ1) is 10.7. The number of hydrogen-bond acceptors (Lipinski definition) is 4. The number of ether oxygens (including phenoxy) is 1. The van der Waals surface area contributed by atoms with E-state index in [1.54, 1.807) is 24.5 Å². The van der Waals surface area contributed by atoms with Crippen LogP contribution in [-0.2, 0) is 9.53 Å². The van der Waals surface area contributed by atoms with Crippen molar-refractivity contribution in [2.75, 3.05) is 39.4 Å². The number of hydrogen-bond donors (Lipinski definition) is 0. The predicted octanol–water partition coefficient (Wildman–Crippen LogP) is 1.18. The van der Waals surface area contributed by atoms with Crippen LogP contribution in [0.5, 0.6) is 0 Å². The lowest BCUT2D eigenvalue weighted by Gasteiger charge is -2.22. The van der Waals surface area contributed by atoms with Crippen molar-refractivity contribution in [1.82, 2.24) is 14.8 Å². The number of carbonyl (C=O) groups is 2. The summed E-state index contributed by atoms with van der Waals surface area (Å²) in [4.78, 5) is 32.1. The van der Waals surface area contributed by atoms with Crippen molar-refractivity contribution in [3.63, 3.8) is 0 Å². The SMILES string of the molecule is CCOCCC(=O)N1CCCN(C(=O)c2ccncc2)CC1. The van der Waals surface area contributed by atoms with Gasteiger partial charge in [0.2, 0.25) is 5.91 Å². The van der Waals surface area contributed by atoms with Crippen LogP contribution >= 0.6 is 0 Å². The number of rotatable bonds is 5. The minimum absolute atomic E-state index is 0.00557. The van der Waals surface area contributed by atoms with Crippen LogP contribution in [0, 0.1) is 0 Å². The number of aromatic nitrogens is 1. The van der Waals surface area contributed by atoms with E-state index in [2.05, 4.69) is 4.98 Å². The first kappa shape index (κ1) is 16.4. The predicted molar refractivity (Wildman–Crippen MR) is 82.4 cm³/mol. The van der Waals surface area contributed by atoms with E-state index in [0.717, 1.165) is 6.42 Å². The molecule has 0 unspecified atom stereocenters. The fourth-order valence-corrected chi connectivity index (χ4v) is 2.51. The molecule has 1 aliphatic heterocycles. The van der Waals surface area contributed by atoms with Crippen molar-refractivity contribution in [3.05, 3.63) is 30.1 Å². The minimum atomic E-state index is 0.00557. The number of pyridine rings is 1. The Morgan fingerprint density at radius 1 is 1.14 bits per heavy atom. The molecule has 120 valence electrons. The van der Waals surface area contributed by atoms with Gasteiger partial charge in [0.05, 0.1) is 13.0 Å². The van der Waals surface area contributed by atoms with Gasteiger partial charge in [-0.2, -0.15) is 0 Å². The van der Waals surface area contributed by atoms with Crippen LogP contribution in [0.25, 0.3) is 0 Å². The van der Waals surface area contributed by atoms with Crippen molar-refractivity contribution in [3.8, 4) is 0 Å². The first-order valence-corrected chi connectivity index (χ1v) is 7.77. The van der Waals surface area contributed by atoms with E-state index in [0.29, 0.717) is 51.4 Å². The molecule has 0 bridgehead atoms. The molecule has 0 atom stereocenters. The average Bonchev–Trinajstić information content (AvgIpc) is 2.81. The molecule has 6 heteroatoms. The molecule has 1 aromatic rings. The minimum Gasteiger partial charge on any atom is -0.381 e. The lowest BCUT2D eigenvalue weighted by molar-refractivity contribution is -0.132. The molecule has 0 aromatic carbocycles. The molecular formula is C16H23N3O3. The Hall–Kier alpha value is -1.95. The molecule has 0 saturated carbocycles. The molecule has 2 rings (SSSR count). The third-order valence-corrected chi connectivity index (χ3v) is 3.73. The van der Waals surface area contributed by atoms with Gasteiger partial charge < -0.3 is 14.5 Å². The van der Waals surface area contributed by atoms with Crippen LogP contribution in [0.3, 0.4) is 0 Å². The van der Waals surface area contributed by atoms with Crippen LogP contribution in [0.2, 0.25) is 0 Å². The Morgan fingerprint density at radius 2 is 1.82 bits per heavy atom. The van der Waals surface area contributed by atoms with E-state index in [-0.39, 0.29) is 11.8 Å². The van der Waals surface area contributed by atoms with Crippen LogP contribution in [0.1, 0.15) is 30.1 Å². The summed E-state index contributed by atoms with van der Waals surface area (Å²) in [6.07, 6.45) is 4.45. The molecule has 22 heavy (non-hydrogen) atoms. The lowest BCUT2D eigenvalue weighted by Crippen LogP contribution is -2.37. The Balaban J connectivity index is 1.87. The van der Waals surface area contributed by atoms with Gasteiger partial charge in [-0.05, 0) is 25.5 Å². The van der Waals surface area contributed by atoms with E-state index < -0.39 is 0 Å². The van der Waals surface area contributed by atoms with Crippen molar-refractivity contribution in [1.29, 1.82) is 0 Å². The van der Waals surface area contributed by atoms with Gasteiger partial charge >= 0.3 is 0 Å². The van der Waals surface area contributed by atoms with Gasteiger partial charge in [-0.15, -0.1) is 0 Å². The standard InChI is InChI=1S/C16H23N3O3/c1-2-22-13-6-15(20)18-9-3-10-19(12-11-18)16(21)14-4-7-17-8-5-14/h4-5,7-8H,2-3,6,9-13H2,1H3. The molecule has 2 heterocycles. The molecule has 0 radical (unpaired) electrons. The zero-order valence-corrected chi connectivity index (χ0v) is 13.0. The number of carbonyl (C=O) groups excluding carboxylic acids is 2. The molecule has 0 N–H and O–H groups in total. The zero-order chi connectivity index (χ0) is 15.8. The van der Waals surface area contributed by atoms with E-state index in [1.165, 1.54) is 0 Å². The summed E-state index contributed by atoms with van der Waals surface area (Å²) in [6, 6.07) is 3.44. The second-order valence-corrected chi connectivity index (χ2v) is 5.21. The number of nitrogens with zero attached hydrogens (tertiary/aromatic N) is 3. The molecule has 0 aliphatic carbocycles. The van der Waals surface area contributed by atoms with E-state index >= 15 is 0 Å². The molecule has 1 aromatic heterocycles. The summed E-state index contributed by atoms with van der Waals surface area (Å²) >= 11 is 0. The summed E-state index contributed by atoms with van der Waals surface area (Å²) in [5.74, 6) is 0.109. The average molecular weight is 305 g/mol. The van der Waals surface area contributed by atoms with Crippen LogP contribution in [-0.4, -0.2) is 66.0 Å². The maximum absolute atomic E-state index is 12.4. The fraction of sp³-hybridized carbons (Fsp3) is 0.562. The van der Waals surface area contributed by atoms with E-state index in [1.807, 2.05) is 16.7 Å². The normalized spacial score (nSPS) is 15.5. The van der Waals surface area contributed by atoms with Gasteiger partial charge in [-0.1, -0.05) is 0 Å². The van der Waals surface area contributed by atoms with Gasteiger partial charge in [0.1, 0.15) is 0 Å². The molecule has 0 spiro atoms. The summed E-state index contributed by atoms with van der Waals surface area (Å²) in [5, 5.41) is 0. The number of amides is 2. The Kier molecular flexibility index (Phi) is 6.33. The Bertz CT molecular complexity index is 493. The molecule has 2 amide bonds. The molecule has 6 nitrogen and oxygen atoms in total. The highest BCUT2D eigenvalue weighted by atomic mass is 16.5. The smallest absolute Gasteiger partial charge is 0.254 e. The summed E-state index contributed by atoms with van der Waals surface area (Å²) in [7, 11) is 0. The zero-order valence-electron chi connectivity index (χ0n) is 13.0. The van der Waals surface area contributed by atoms with Gasteiger partial charge in [-0.25, -0.2) is 0 Å². The van der Waals surface area contributed by atoms with Gasteiger partial charge in [0.15, 0.2) is 0 Å². The third-order valence-electron chi connectivity index (χ3n) is 3.73. The summed E-state index contributed by atoms with van der Waals surface area (Å²) in [6.45, 7) is 5.54. The monoisotopic (exact) mass is 305 g/mol. The van der Waals surface area contributed by atoms with Crippen molar-refractivity contribution in [2.45, 2.75) is 19.8 Å². The Morgan fingerprint density at radius 3 is 2.55 bits per heavy atom. The lowest BCUT2D eigenvalue weighted by atomic mass is 10.2. The fourth-order valence-electron chi connectivity index (χ4n) is 2.51. The quantitative estimate of drug-likeness (QED) is 0.767. The van der Waals surface area contributed by atoms with Gasteiger partial charge in [-0.3, -0.25) is 14.6 Å².